The number of sulfone groups is 1. The standard InChI is InChI=1S/C9H18N4O4S2/c1-3-13-7-8(9(10)12-13)19(16,17)11-5-4-6-18(2,14)15/h7,11H,3-6H2,1-2H3,(H2,10,12). The summed E-state index contributed by atoms with van der Waals surface area (Å²) in [4.78, 5) is -0.0892. The van der Waals surface area contributed by atoms with Crippen LogP contribution >= 0.6 is 0 Å². The van der Waals surface area contributed by atoms with E-state index in [-0.39, 0.29) is 29.4 Å². The van der Waals surface area contributed by atoms with Gasteiger partial charge in [0.1, 0.15) is 14.7 Å². The molecular weight excluding hydrogens is 292 g/mol. The Morgan fingerprint density at radius 2 is 2.00 bits per heavy atom. The minimum Gasteiger partial charge on any atom is -0.381 e. The molecule has 10 heteroatoms. The molecule has 1 heterocycles. The summed E-state index contributed by atoms with van der Waals surface area (Å²) in [5.74, 6) is -0.142. The number of aromatic nitrogens is 2. The number of nitrogen functional groups attached to an aromatic ring is 1. The third kappa shape index (κ3) is 4.80. The van der Waals surface area contributed by atoms with Gasteiger partial charge in [-0.15, -0.1) is 0 Å². The highest BCUT2D eigenvalue weighted by atomic mass is 32.2. The van der Waals surface area contributed by atoms with Crippen LogP contribution in [0.2, 0.25) is 0 Å². The van der Waals surface area contributed by atoms with Gasteiger partial charge in [0.05, 0.1) is 5.75 Å². The monoisotopic (exact) mass is 310 g/mol. The molecule has 0 saturated heterocycles. The topological polar surface area (TPSA) is 124 Å². The molecule has 19 heavy (non-hydrogen) atoms. The maximum absolute atomic E-state index is 11.9. The Hall–Kier alpha value is -1.13. The van der Waals surface area contributed by atoms with Crippen LogP contribution in [0.15, 0.2) is 11.1 Å². The maximum Gasteiger partial charge on any atom is 0.245 e. The summed E-state index contributed by atoms with van der Waals surface area (Å²) in [6.07, 6.45) is 2.65. The molecule has 1 aromatic rings. The molecule has 0 bridgehead atoms. The highest BCUT2D eigenvalue weighted by Crippen LogP contribution is 2.15. The van der Waals surface area contributed by atoms with Crippen molar-refractivity contribution in [3.05, 3.63) is 6.20 Å². The smallest absolute Gasteiger partial charge is 0.245 e. The van der Waals surface area contributed by atoms with E-state index in [1.165, 1.54) is 10.9 Å². The van der Waals surface area contributed by atoms with Gasteiger partial charge < -0.3 is 5.73 Å². The third-order valence-electron chi connectivity index (χ3n) is 2.35. The van der Waals surface area contributed by atoms with Gasteiger partial charge in [0.15, 0.2) is 5.82 Å². The van der Waals surface area contributed by atoms with E-state index in [2.05, 4.69) is 9.82 Å². The average Bonchev–Trinajstić information content (AvgIpc) is 2.66. The summed E-state index contributed by atoms with van der Waals surface area (Å²) >= 11 is 0. The van der Waals surface area contributed by atoms with E-state index in [1.54, 1.807) is 0 Å². The molecule has 0 aromatic carbocycles. The predicted molar refractivity (Wildman–Crippen MR) is 71.8 cm³/mol. The average molecular weight is 310 g/mol. The number of anilines is 1. The number of hydrogen-bond acceptors (Lipinski definition) is 6. The highest BCUT2D eigenvalue weighted by molar-refractivity contribution is 7.90. The third-order valence-corrected chi connectivity index (χ3v) is 4.86. The Kier molecular flexibility index (Phi) is 4.93. The van der Waals surface area contributed by atoms with Gasteiger partial charge in [-0.05, 0) is 13.3 Å². The first kappa shape index (κ1) is 15.9. The first-order valence-electron chi connectivity index (χ1n) is 5.66. The van der Waals surface area contributed by atoms with Crippen LogP contribution in [0.1, 0.15) is 13.3 Å². The number of sulfonamides is 1. The van der Waals surface area contributed by atoms with Crippen LogP contribution < -0.4 is 10.5 Å². The molecule has 0 atom stereocenters. The second-order valence-corrected chi connectivity index (χ2v) is 8.11. The number of rotatable bonds is 7. The van der Waals surface area contributed by atoms with E-state index >= 15 is 0 Å². The van der Waals surface area contributed by atoms with Crippen molar-refractivity contribution in [1.82, 2.24) is 14.5 Å². The van der Waals surface area contributed by atoms with E-state index in [1.807, 2.05) is 6.92 Å². The molecule has 0 fully saturated rings. The van der Waals surface area contributed by atoms with Gasteiger partial charge >= 0.3 is 0 Å². The highest BCUT2D eigenvalue weighted by Gasteiger charge is 2.20. The molecule has 0 aliphatic rings. The van der Waals surface area contributed by atoms with Crippen LogP contribution in [0.25, 0.3) is 0 Å². The van der Waals surface area contributed by atoms with E-state index < -0.39 is 19.9 Å². The molecule has 0 aliphatic heterocycles. The van der Waals surface area contributed by atoms with Crippen molar-refractivity contribution in [2.45, 2.75) is 24.8 Å². The minimum absolute atomic E-state index is 0.0339. The number of nitrogens with two attached hydrogens (primary N) is 1. The summed E-state index contributed by atoms with van der Waals surface area (Å²) in [5.41, 5.74) is 5.53. The SMILES string of the molecule is CCn1cc(S(=O)(=O)NCCCS(C)(=O)=O)c(N)n1. The molecule has 3 N–H and O–H groups in total. The first-order chi connectivity index (χ1) is 8.65. The fourth-order valence-electron chi connectivity index (χ4n) is 1.41. The van der Waals surface area contributed by atoms with E-state index in [4.69, 9.17) is 5.73 Å². The Morgan fingerprint density at radius 3 is 2.47 bits per heavy atom. The maximum atomic E-state index is 11.9. The molecule has 0 aliphatic carbocycles. The summed E-state index contributed by atoms with van der Waals surface area (Å²) in [6.45, 7) is 2.35. The van der Waals surface area contributed by atoms with Gasteiger partial charge in [-0.25, -0.2) is 21.6 Å². The second-order valence-electron chi connectivity index (χ2n) is 4.12. The van der Waals surface area contributed by atoms with Crippen molar-refractivity contribution in [2.75, 3.05) is 24.3 Å². The zero-order valence-corrected chi connectivity index (χ0v) is 12.5. The molecule has 1 aromatic heterocycles. The van der Waals surface area contributed by atoms with E-state index in [9.17, 15) is 16.8 Å². The second kappa shape index (κ2) is 5.88. The van der Waals surface area contributed by atoms with Gasteiger partial charge in [-0.1, -0.05) is 0 Å². The molecule has 0 radical (unpaired) electrons. The molecule has 0 amide bonds. The Bertz CT molecular complexity index is 633. The lowest BCUT2D eigenvalue weighted by Crippen LogP contribution is -2.26. The van der Waals surface area contributed by atoms with Crippen molar-refractivity contribution < 1.29 is 16.8 Å². The van der Waals surface area contributed by atoms with E-state index in [0.29, 0.717) is 6.54 Å². The lowest BCUT2D eigenvalue weighted by atomic mass is 10.5. The zero-order valence-electron chi connectivity index (χ0n) is 10.8. The lowest BCUT2D eigenvalue weighted by Gasteiger charge is -2.04. The summed E-state index contributed by atoms with van der Waals surface area (Å²) in [5, 5.41) is 3.84. The Labute approximate surface area is 113 Å². The summed E-state index contributed by atoms with van der Waals surface area (Å²) in [7, 11) is -6.84. The van der Waals surface area contributed by atoms with Gasteiger partial charge in [0, 0.05) is 25.5 Å². The van der Waals surface area contributed by atoms with Crippen molar-refractivity contribution >= 4 is 25.7 Å². The summed E-state index contributed by atoms with van der Waals surface area (Å²) < 4.78 is 49.4. The van der Waals surface area contributed by atoms with Crippen LogP contribution in [0.4, 0.5) is 5.82 Å². The lowest BCUT2D eigenvalue weighted by molar-refractivity contribution is 0.577. The summed E-state index contributed by atoms with van der Waals surface area (Å²) in [6, 6.07) is 0. The Balaban J connectivity index is 2.68. The van der Waals surface area contributed by atoms with Crippen molar-refractivity contribution in [3.63, 3.8) is 0 Å². The van der Waals surface area contributed by atoms with Crippen LogP contribution in [0.5, 0.6) is 0 Å². The van der Waals surface area contributed by atoms with Crippen LogP contribution in [0, 0.1) is 0 Å². The minimum atomic E-state index is -3.75. The molecule has 1 rings (SSSR count). The van der Waals surface area contributed by atoms with Crippen molar-refractivity contribution in [3.8, 4) is 0 Å². The molecular formula is C9H18N4O4S2. The van der Waals surface area contributed by atoms with Gasteiger partial charge in [-0.3, -0.25) is 4.68 Å². The van der Waals surface area contributed by atoms with Crippen LogP contribution in [0.3, 0.4) is 0 Å². The fourth-order valence-corrected chi connectivity index (χ4v) is 3.22. The molecule has 0 saturated carbocycles. The van der Waals surface area contributed by atoms with Crippen molar-refractivity contribution in [1.29, 1.82) is 0 Å². The molecule has 110 valence electrons. The fraction of sp³-hybridized carbons (Fsp3) is 0.667. The molecule has 0 unspecified atom stereocenters. The van der Waals surface area contributed by atoms with Crippen LogP contribution in [-0.2, 0) is 26.4 Å². The molecule has 0 spiro atoms. The zero-order chi connectivity index (χ0) is 14.7. The number of aryl methyl sites for hydroxylation is 1. The van der Waals surface area contributed by atoms with Gasteiger partial charge in [0.25, 0.3) is 0 Å². The Morgan fingerprint density at radius 1 is 1.37 bits per heavy atom. The quantitative estimate of drug-likeness (QED) is 0.635. The normalized spacial score (nSPS) is 12.7. The van der Waals surface area contributed by atoms with Gasteiger partial charge in [0.2, 0.25) is 10.0 Å². The first-order valence-corrected chi connectivity index (χ1v) is 9.20. The van der Waals surface area contributed by atoms with Crippen LogP contribution in [-0.4, -0.2) is 45.2 Å². The molecule has 8 nitrogen and oxygen atoms in total. The van der Waals surface area contributed by atoms with Gasteiger partial charge in [-0.2, -0.15) is 5.10 Å². The number of hydrogen-bond donors (Lipinski definition) is 2. The predicted octanol–water partition coefficient (Wildman–Crippen LogP) is -0.802. The number of nitrogens with one attached hydrogen (secondary N) is 1. The van der Waals surface area contributed by atoms with Crippen molar-refractivity contribution in [2.24, 2.45) is 0 Å². The largest absolute Gasteiger partial charge is 0.381 e. The van der Waals surface area contributed by atoms with E-state index in [0.717, 1.165) is 6.26 Å². The number of nitrogens with zero attached hydrogens (tertiary/aromatic N) is 2.